The lowest BCUT2D eigenvalue weighted by Crippen LogP contribution is -2.53. The molecule has 7 nitrogen and oxygen atoms in total. The summed E-state index contributed by atoms with van der Waals surface area (Å²) < 4.78 is 5.43. The highest BCUT2D eigenvalue weighted by Gasteiger charge is 2.20. The van der Waals surface area contributed by atoms with Crippen LogP contribution < -0.4 is 5.32 Å². The lowest BCUT2D eigenvalue weighted by molar-refractivity contribution is -0.130. The number of ether oxygens (including phenoxy) is 1. The number of amides is 1. The topological polar surface area (TPSA) is 74.2 Å². The Balaban J connectivity index is 1.61. The number of piperazine rings is 1. The van der Waals surface area contributed by atoms with E-state index in [1.54, 1.807) is 13.0 Å². The highest BCUT2D eigenvalue weighted by Crippen LogP contribution is 2.11. The van der Waals surface area contributed by atoms with E-state index in [-0.39, 0.29) is 18.5 Å². The van der Waals surface area contributed by atoms with Crippen LogP contribution in [0, 0.1) is 0 Å². The summed E-state index contributed by atoms with van der Waals surface area (Å²) in [6.45, 7) is 7.99. The molecule has 1 heterocycles. The van der Waals surface area contributed by atoms with Gasteiger partial charge in [0.15, 0.2) is 5.96 Å². The summed E-state index contributed by atoms with van der Waals surface area (Å²) in [5.74, 6) is 0.585. The fraction of sp³-hybridized carbons (Fsp3) is 0.375. The first-order valence-corrected chi connectivity index (χ1v) is 10.7. The maximum Gasteiger partial charge on any atom is 0.338 e. The molecule has 1 aliphatic rings. The second-order valence-corrected chi connectivity index (χ2v) is 7.43. The van der Waals surface area contributed by atoms with Crippen LogP contribution in [0.15, 0.2) is 59.6 Å². The number of guanidine groups is 1. The molecule has 0 bridgehead atoms. The fourth-order valence-electron chi connectivity index (χ4n) is 3.43. The first-order valence-electron chi connectivity index (χ1n) is 10.7. The summed E-state index contributed by atoms with van der Waals surface area (Å²) in [5, 5.41) is 3.32. The molecular weight excluding hydrogens is 392 g/mol. The van der Waals surface area contributed by atoms with Crippen LogP contribution in [0.1, 0.15) is 35.3 Å². The van der Waals surface area contributed by atoms with Gasteiger partial charge in [0, 0.05) is 39.6 Å². The average Bonchev–Trinajstić information content (AvgIpc) is 2.81. The van der Waals surface area contributed by atoms with Gasteiger partial charge in [-0.1, -0.05) is 42.5 Å². The van der Waals surface area contributed by atoms with Gasteiger partial charge < -0.3 is 19.9 Å². The Morgan fingerprint density at radius 2 is 1.65 bits per heavy atom. The first kappa shape index (κ1) is 22.3. The lowest BCUT2D eigenvalue weighted by Gasteiger charge is -2.36. The van der Waals surface area contributed by atoms with E-state index in [2.05, 4.69) is 10.2 Å². The Labute approximate surface area is 183 Å². The SMILES string of the molecule is CCNC(=NCc1cccc(C(=O)OCc2ccccc2)c1)N1CCN(C(C)=O)CC1. The number of carbonyl (C=O) groups excluding carboxylic acids is 2. The Morgan fingerprint density at radius 1 is 0.968 bits per heavy atom. The number of rotatable bonds is 6. The predicted octanol–water partition coefficient (Wildman–Crippen LogP) is 2.67. The van der Waals surface area contributed by atoms with Crippen LogP contribution in [0.5, 0.6) is 0 Å². The van der Waals surface area contributed by atoms with Gasteiger partial charge in [-0.3, -0.25) is 4.79 Å². The molecule has 0 aromatic heterocycles. The van der Waals surface area contributed by atoms with Gasteiger partial charge in [0.05, 0.1) is 12.1 Å². The molecule has 1 saturated heterocycles. The van der Waals surface area contributed by atoms with E-state index in [1.807, 2.05) is 60.4 Å². The van der Waals surface area contributed by atoms with E-state index in [4.69, 9.17) is 9.73 Å². The van der Waals surface area contributed by atoms with Crippen molar-refractivity contribution in [2.24, 2.45) is 4.99 Å². The average molecular weight is 423 g/mol. The number of aliphatic imine (C=N–C) groups is 1. The number of esters is 1. The molecule has 0 unspecified atom stereocenters. The fourth-order valence-corrected chi connectivity index (χ4v) is 3.43. The van der Waals surface area contributed by atoms with Crippen LogP contribution in [-0.4, -0.2) is 60.4 Å². The van der Waals surface area contributed by atoms with Crippen LogP contribution in [0.3, 0.4) is 0 Å². The summed E-state index contributed by atoms with van der Waals surface area (Å²) in [4.78, 5) is 32.7. The third-order valence-corrected chi connectivity index (χ3v) is 5.15. The van der Waals surface area contributed by atoms with Crippen molar-refractivity contribution in [2.45, 2.75) is 27.0 Å². The molecule has 1 aliphatic heterocycles. The zero-order valence-electron chi connectivity index (χ0n) is 18.2. The molecule has 164 valence electrons. The third-order valence-electron chi connectivity index (χ3n) is 5.15. The maximum absolute atomic E-state index is 12.4. The second kappa shape index (κ2) is 11.2. The number of hydrogen-bond acceptors (Lipinski definition) is 4. The number of hydrogen-bond donors (Lipinski definition) is 1. The third kappa shape index (κ3) is 6.57. The van der Waals surface area contributed by atoms with Crippen molar-refractivity contribution < 1.29 is 14.3 Å². The van der Waals surface area contributed by atoms with Gasteiger partial charge in [0.25, 0.3) is 0 Å². The van der Waals surface area contributed by atoms with Crippen molar-refractivity contribution in [3.05, 3.63) is 71.3 Å². The molecule has 1 N–H and O–H groups in total. The predicted molar refractivity (Wildman–Crippen MR) is 121 cm³/mol. The van der Waals surface area contributed by atoms with Crippen molar-refractivity contribution in [3.8, 4) is 0 Å². The Morgan fingerprint density at radius 3 is 2.32 bits per heavy atom. The quantitative estimate of drug-likeness (QED) is 0.440. The molecule has 0 radical (unpaired) electrons. The maximum atomic E-state index is 12.4. The van der Waals surface area contributed by atoms with E-state index >= 15 is 0 Å². The minimum absolute atomic E-state index is 0.109. The van der Waals surface area contributed by atoms with Crippen molar-refractivity contribution in [1.29, 1.82) is 0 Å². The van der Waals surface area contributed by atoms with Gasteiger partial charge >= 0.3 is 5.97 Å². The summed E-state index contributed by atoms with van der Waals surface area (Å²) in [6, 6.07) is 17.0. The Bertz CT molecular complexity index is 906. The van der Waals surface area contributed by atoms with Crippen LogP contribution in [0.2, 0.25) is 0 Å². The smallest absolute Gasteiger partial charge is 0.338 e. The molecule has 2 aromatic rings. The van der Waals surface area contributed by atoms with Crippen LogP contribution >= 0.6 is 0 Å². The van der Waals surface area contributed by atoms with E-state index in [0.29, 0.717) is 25.2 Å². The molecule has 31 heavy (non-hydrogen) atoms. The minimum atomic E-state index is -0.345. The van der Waals surface area contributed by atoms with Gasteiger partial charge in [0.2, 0.25) is 5.91 Å². The largest absolute Gasteiger partial charge is 0.457 e. The highest BCUT2D eigenvalue weighted by atomic mass is 16.5. The normalized spacial score (nSPS) is 14.3. The van der Waals surface area contributed by atoms with E-state index in [0.717, 1.165) is 36.7 Å². The number of carbonyl (C=O) groups is 2. The molecule has 0 saturated carbocycles. The highest BCUT2D eigenvalue weighted by molar-refractivity contribution is 5.89. The van der Waals surface area contributed by atoms with E-state index in [1.165, 1.54) is 0 Å². The summed E-state index contributed by atoms with van der Waals surface area (Å²) in [5.41, 5.74) is 2.41. The molecule has 3 rings (SSSR count). The van der Waals surface area contributed by atoms with Crippen molar-refractivity contribution in [3.63, 3.8) is 0 Å². The van der Waals surface area contributed by atoms with Gasteiger partial charge in [-0.25, -0.2) is 9.79 Å². The van der Waals surface area contributed by atoms with Gasteiger partial charge in [-0.05, 0) is 30.2 Å². The van der Waals surface area contributed by atoms with Gasteiger partial charge in [0.1, 0.15) is 6.61 Å². The Kier molecular flexibility index (Phi) is 8.04. The summed E-state index contributed by atoms with van der Waals surface area (Å²) >= 11 is 0. The van der Waals surface area contributed by atoms with Gasteiger partial charge in [-0.2, -0.15) is 0 Å². The molecule has 0 atom stereocenters. The molecular formula is C24H30N4O3. The first-order chi connectivity index (χ1) is 15.1. The van der Waals surface area contributed by atoms with Crippen LogP contribution in [0.25, 0.3) is 0 Å². The minimum Gasteiger partial charge on any atom is -0.457 e. The van der Waals surface area contributed by atoms with Crippen LogP contribution in [-0.2, 0) is 22.7 Å². The van der Waals surface area contributed by atoms with E-state index in [9.17, 15) is 9.59 Å². The standard InChI is InChI=1S/C24H30N4O3/c1-3-25-24(28-14-12-27(13-15-28)19(2)29)26-17-21-10-7-11-22(16-21)23(30)31-18-20-8-5-4-6-9-20/h4-11,16H,3,12-15,17-18H2,1-2H3,(H,25,26). The molecule has 0 spiro atoms. The number of benzene rings is 2. The Hall–Kier alpha value is -3.35. The van der Waals surface area contributed by atoms with Crippen molar-refractivity contribution in [2.75, 3.05) is 32.7 Å². The zero-order valence-corrected chi connectivity index (χ0v) is 18.2. The van der Waals surface area contributed by atoms with E-state index < -0.39 is 0 Å². The van der Waals surface area contributed by atoms with Crippen LogP contribution in [0.4, 0.5) is 0 Å². The lowest BCUT2D eigenvalue weighted by atomic mass is 10.1. The number of nitrogens with zero attached hydrogens (tertiary/aromatic N) is 3. The molecule has 0 aliphatic carbocycles. The summed E-state index contributed by atoms with van der Waals surface area (Å²) in [7, 11) is 0. The molecule has 7 heteroatoms. The van der Waals surface area contributed by atoms with Gasteiger partial charge in [-0.15, -0.1) is 0 Å². The molecule has 1 amide bonds. The molecule has 2 aromatic carbocycles. The molecule has 1 fully saturated rings. The van der Waals surface area contributed by atoms with Crippen molar-refractivity contribution in [1.82, 2.24) is 15.1 Å². The zero-order chi connectivity index (χ0) is 22.1. The second-order valence-electron chi connectivity index (χ2n) is 7.43. The summed E-state index contributed by atoms with van der Waals surface area (Å²) in [6.07, 6.45) is 0. The van der Waals surface area contributed by atoms with Crippen molar-refractivity contribution >= 4 is 17.8 Å². The number of nitrogens with one attached hydrogen (secondary N) is 1. The monoisotopic (exact) mass is 422 g/mol.